The van der Waals surface area contributed by atoms with Gasteiger partial charge in [0, 0.05) is 15.6 Å². The molecule has 2 aromatic carbocycles. The fourth-order valence-electron chi connectivity index (χ4n) is 3.20. The van der Waals surface area contributed by atoms with Gasteiger partial charge in [0.1, 0.15) is 4.88 Å². The topological polar surface area (TPSA) is 41.5 Å². The minimum atomic E-state index is -0.251. The van der Waals surface area contributed by atoms with Crippen LogP contribution in [-0.2, 0) is 6.42 Å². The first-order valence-corrected chi connectivity index (χ1v) is 9.47. The molecule has 126 valence electrons. The first kappa shape index (κ1) is 16.3. The summed E-state index contributed by atoms with van der Waals surface area (Å²) < 4.78 is 1.02. The third kappa shape index (κ3) is 3.08. The van der Waals surface area contributed by atoms with Crippen LogP contribution in [0.5, 0.6) is 0 Å². The largest absolute Gasteiger partial charge is 0.283 e. The van der Waals surface area contributed by atoms with E-state index in [1.807, 2.05) is 37.3 Å². The number of halogens is 1. The Balaban J connectivity index is 1.62. The van der Waals surface area contributed by atoms with Gasteiger partial charge in [0.05, 0.1) is 10.7 Å². The van der Waals surface area contributed by atoms with Crippen LogP contribution >= 0.6 is 22.9 Å². The summed E-state index contributed by atoms with van der Waals surface area (Å²) >= 11 is 7.81. The number of aryl methyl sites for hydroxylation is 2. The molecule has 1 heterocycles. The molecule has 0 atom stereocenters. The van der Waals surface area contributed by atoms with Gasteiger partial charge >= 0.3 is 0 Å². The SMILES string of the molecule is Cc1ccc2c(Cl)c(C(=O)N/N=C3/CCCc4ccccc43)sc2c1. The molecule has 1 amide bonds. The lowest BCUT2D eigenvalue weighted by atomic mass is 9.90. The average molecular weight is 369 g/mol. The number of nitrogens with one attached hydrogen (secondary N) is 1. The zero-order valence-corrected chi connectivity index (χ0v) is 15.4. The van der Waals surface area contributed by atoms with E-state index in [2.05, 4.69) is 22.7 Å². The molecule has 3 nitrogen and oxygen atoms in total. The van der Waals surface area contributed by atoms with Crippen LogP contribution in [-0.4, -0.2) is 11.6 Å². The molecule has 3 aromatic rings. The minimum absolute atomic E-state index is 0.251. The number of amides is 1. The smallest absolute Gasteiger partial charge is 0.266 e. The highest BCUT2D eigenvalue weighted by Gasteiger charge is 2.19. The first-order chi connectivity index (χ1) is 12.1. The third-order valence-corrected chi connectivity index (χ3v) is 6.13. The Morgan fingerprint density at radius 3 is 2.92 bits per heavy atom. The standard InChI is InChI=1S/C20H17ClN2OS/c1-12-9-10-15-17(11-12)25-19(18(15)21)20(24)23-22-16-8-4-6-13-5-2-3-7-14(13)16/h2-3,5,7,9-11H,4,6,8H2,1H3,(H,23,24)/b22-16-. The maximum Gasteiger partial charge on any atom is 0.283 e. The predicted molar refractivity (Wildman–Crippen MR) is 105 cm³/mol. The molecule has 0 unspecified atom stereocenters. The van der Waals surface area contributed by atoms with Crippen molar-refractivity contribution in [2.24, 2.45) is 5.10 Å². The second-order valence-electron chi connectivity index (χ2n) is 6.25. The van der Waals surface area contributed by atoms with Gasteiger partial charge in [-0.15, -0.1) is 11.3 Å². The first-order valence-electron chi connectivity index (χ1n) is 8.27. The van der Waals surface area contributed by atoms with E-state index in [-0.39, 0.29) is 5.91 Å². The average Bonchev–Trinajstić information content (AvgIpc) is 2.95. The van der Waals surface area contributed by atoms with E-state index in [9.17, 15) is 4.79 Å². The maximum atomic E-state index is 12.6. The monoisotopic (exact) mass is 368 g/mol. The number of hydrazone groups is 1. The summed E-state index contributed by atoms with van der Waals surface area (Å²) in [5.41, 5.74) is 7.20. The summed E-state index contributed by atoms with van der Waals surface area (Å²) in [7, 11) is 0. The number of carbonyl (C=O) groups excluding carboxylic acids is 1. The lowest BCUT2D eigenvalue weighted by Gasteiger charge is -2.17. The van der Waals surface area contributed by atoms with Gasteiger partial charge in [0.25, 0.3) is 5.91 Å². The number of hydrogen-bond donors (Lipinski definition) is 1. The van der Waals surface area contributed by atoms with E-state index in [4.69, 9.17) is 11.6 Å². The zero-order valence-electron chi connectivity index (χ0n) is 13.8. The Bertz CT molecular complexity index is 1010. The molecule has 0 aliphatic heterocycles. The quantitative estimate of drug-likeness (QED) is 0.610. The Morgan fingerprint density at radius 2 is 2.04 bits per heavy atom. The Morgan fingerprint density at radius 1 is 1.20 bits per heavy atom. The van der Waals surface area contributed by atoms with E-state index in [0.717, 1.165) is 46.2 Å². The van der Waals surface area contributed by atoms with E-state index < -0.39 is 0 Å². The van der Waals surface area contributed by atoms with Crippen LogP contribution in [0.15, 0.2) is 47.6 Å². The van der Waals surface area contributed by atoms with Gasteiger partial charge in [-0.1, -0.05) is 48.0 Å². The fourth-order valence-corrected chi connectivity index (χ4v) is 4.71. The van der Waals surface area contributed by atoms with Crippen molar-refractivity contribution in [3.63, 3.8) is 0 Å². The lowest BCUT2D eigenvalue weighted by Crippen LogP contribution is -2.21. The van der Waals surface area contributed by atoms with Gasteiger partial charge < -0.3 is 0 Å². The molecule has 0 bridgehead atoms. The number of benzene rings is 2. The van der Waals surface area contributed by atoms with E-state index in [1.165, 1.54) is 16.9 Å². The molecule has 0 saturated heterocycles. The van der Waals surface area contributed by atoms with Crippen LogP contribution in [0.1, 0.15) is 39.2 Å². The molecule has 25 heavy (non-hydrogen) atoms. The molecule has 0 radical (unpaired) electrons. The van der Waals surface area contributed by atoms with Gasteiger partial charge in [-0.05, 0) is 43.4 Å². The second kappa shape index (κ2) is 6.62. The van der Waals surface area contributed by atoms with Gasteiger partial charge in [-0.3, -0.25) is 4.79 Å². The normalized spacial score (nSPS) is 15.4. The highest BCUT2D eigenvalue weighted by molar-refractivity contribution is 7.21. The van der Waals surface area contributed by atoms with Crippen molar-refractivity contribution >= 4 is 44.6 Å². The summed E-state index contributed by atoms with van der Waals surface area (Å²) in [4.78, 5) is 13.1. The van der Waals surface area contributed by atoms with Crippen LogP contribution in [0.4, 0.5) is 0 Å². The molecule has 0 fully saturated rings. The number of hydrogen-bond acceptors (Lipinski definition) is 3. The Labute approximate surface area is 155 Å². The van der Waals surface area contributed by atoms with Crippen molar-refractivity contribution in [1.82, 2.24) is 5.43 Å². The Hall–Kier alpha value is -2.17. The fraction of sp³-hybridized carbons (Fsp3) is 0.200. The molecule has 1 aliphatic rings. The number of fused-ring (bicyclic) bond motifs is 2. The highest BCUT2D eigenvalue weighted by atomic mass is 35.5. The van der Waals surface area contributed by atoms with E-state index >= 15 is 0 Å². The van der Waals surface area contributed by atoms with Crippen molar-refractivity contribution in [1.29, 1.82) is 0 Å². The molecule has 1 N–H and O–H groups in total. The number of rotatable bonds is 2. The summed E-state index contributed by atoms with van der Waals surface area (Å²) in [5, 5.41) is 5.81. The maximum absolute atomic E-state index is 12.6. The van der Waals surface area contributed by atoms with Crippen LogP contribution in [0.3, 0.4) is 0 Å². The van der Waals surface area contributed by atoms with Crippen molar-refractivity contribution in [2.75, 3.05) is 0 Å². The summed E-state index contributed by atoms with van der Waals surface area (Å²) in [5.74, 6) is -0.251. The van der Waals surface area contributed by atoms with Gasteiger partial charge in [-0.2, -0.15) is 5.10 Å². The van der Waals surface area contributed by atoms with Crippen LogP contribution in [0, 0.1) is 6.92 Å². The molecular weight excluding hydrogens is 352 g/mol. The molecular formula is C20H17ClN2OS. The molecule has 1 aromatic heterocycles. The predicted octanol–water partition coefficient (Wildman–Crippen LogP) is 5.33. The molecule has 5 heteroatoms. The van der Waals surface area contributed by atoms with E-state index in [0.29, 0.717) is 9.90 Å². The molecule has 4 rings (SSSR count). The van der Waals surface area contributed by atoms with Crippen molar-refractivity contribution in [3.05, 3.63) is 69.1 Å². The van der Waals surface area contributed by atoms with Crippen LogP contribution in [0.25, 0.3) is 10.1 Å². The van der Waals surface area contributed by atoms with Crippen LogP contribution < -0.4 is 5.43 Å². The summed E-state index contributed by atoms with van der Waals surface area (Å²) in [6, 6.07) is 14.2. The molecule has 0 saturated carbocycles. The highest BCUT2D eigenvalue weighted by Crippen LogP contribution is 2.35. The van der Waals surface area contributed by atoms with Crippen molar-refractivity contribution in [2.45, 2.75) is 26.2 Å². The second-order valence-corrected chi connectivity index (χ2v) is 7.69. The summed E-state index contributed by atoms with van der Waals surface area (Å²) in [6.45, 7) is 2.03. The minimum Gasteiger partial charge on any atom is -0.266 e. The molecule has 1 aliphatic carbocycles. The van der Waals surface area contributed by atoms with E-state index in [1.54, 1.807) is 0 Å². The van der Waals surface area contributed by atoms with Crippen LogP contribution in [0.2, 0.25) is 5.02 Å². The van der Waals surface area contributed by atoms with Crippen molar-refractivity contribution < 1.29 is 4.79 Å². The number of thiophene rings is 1. The Kier molecular flexibility index (Phi) is 4.32. The molecule has 0 spiro atoms. The summed E-state index contributed by atoms with van der Waals surface area (Å²) in [6.07, 6.45) is 2.98. The number of carbonyl (C=O) groups is 1. The number of nitrogens with zero attached hydrogens (tertiary/aromatic N) is 1. The third-order valence-electron chi connectivity index (χ3n) is 4.47. The van der Waals surface area contributed by atoms with Gasteiger partial charge in [0.15, 0.2) is 0 Å². The van der Waals surface area contributed by atoms with Gasteiger partial charge in [0.2, 0.25) is 0 Å². The van der Waals surface area contributed by atoms with Crippen molar-refractivity contribution in [3.8, 4) is 0 Å². The lowest BCUT2D eigenvalue weighted by molar-refractivity contribution is 0.0959. The van der Waals surface area contributed by atoms with Gasteiger partial charge in [-0.25, -0.2) is 5.43 Å². The zero-order chi connectivity index (χ0) is 17.4.